The van der Waals surface area contributed by atoms with Crippen LogP contribution in [-0.4, -0.2) is 6.54 Å². The molecule has 0 unspecified atom stereocenters. The Morgan fingerprint density at radius 2 is 2.00 bits per heavy atom. The number of aryl methyl sites for hydroxylation is 1. The van der Waals surface area contributed by atoms with Crippen LogP contribution in [0.4, 0.5) is 5.69 Å². The largest absolute Gasteiger partial charge is 0.384 e. The Morgan fingerprint density at radius 1 is 1.12 bits per heavy atom. The summed E-state index contributed by atoms with van der Waals surface area (Å²) in [5, 5.41) is 3.50. The number of rotatable bonds is 1. The molecule has 86 valence electrons. The molecule has 1 heterocycles. The van der Waals surface area contributed by atoms with E-state index in [-0.39, 0.29) is 0 Å². The third-order valence-corrected chi connectivity index (χ3v) is 3.82. The summed E-state index contributed by atoms with van der Waals surface area (Å²) in [6, 6.07) is 13.0. The molecule has 1 aliphatic rings. The molecule has 0 amide bonds. The molecule has 2 aromatic carbocycles. The second-order valence-electron chi connectivity index (χ2n) is 4.48. The van der Waals surface area contributed by atoms with Gasteiger partial charge < -0.3 is 5.32 Å². The van der Waals surface area contributed by atoms with Crippen LogP contribution in [0.25, 0.3) is 11.1 Å². The Kier molecular flexibility index (Phi) is 2.67. The lowest BCUT2D eigenvalue weighted by Gasteiger charge is -2.11. The molecule has 3 rings (SSSR count). The second kappa shape index (κ2) is 4.19. The van der Waals surface area contributed by atoms with Gasteiger partial charge >= 0.3 is 0 Å². The summed E-state index contributed by atoms with van der Waals surface area (Å²) < 4.78 is 1.14. The highest BCUT2D eigenvalue weighted by atomic mass is 79.9. The Balaban J connectivity index is 2.19. The number of hydrogen-bond acceptors (Lipinski definition) is 1. The van der Waals surface area contributed by atoms with Crippen LogP contribution in [0, 0.1) is 6.92 Å². The van der Waals surface area contributed by atoms with Gasteiger partial charge in [0.1, 0.15) is 0 Å². The minimum absolute atomic E-state index is 1.06. The zero-order valence-electron chi connectivity index (χ0n) is 9.76. The molecule has 0 saturated heterocycles. The summed E-state index contributed by atoms with van der Waals surface area (Å²) >= 11 is 3.52. The van der Waals surface area contributed by atoms with Crippen molar-refractivity contribution in [2.24, 2.45) is 0 Å². The summed E-state index contributed by atoms with van der Waals surface area (Å²) in [6.07, 6.45) is 1.14. The summed E-state index contributed by atoms with van der Waals surface area (Å²) in [6.45, 7) is 3.22. The van der Waals surface area contributed by atoms with Crippen molar-refractivity contribution in [3.05, 3.63) is 52.0 Å². The van der Waals surface area contributed by atoms with Crippen LogP contribution >= 0.6 is 15.9 Å². The number of nitrogens with one attached hydrogen (secondary N) is 1. The van der Waals surface area contributed by atoms with Gasteiger partial charge in [-0.15, -0.1) is 0 Å². The summed E-state index contributed by atoms with van der Waals surface area (Å²) in [4.78, 5) is 0. The van der Waals surface area contributed by atoms with E-state index in [4.69, 9.17) is 0 Å². The Labute approximate surface area is 110 Å². The minimum Gasteiger partial charge on any atom is -0.384 e. The lowest BCUT2D eigenvalue weighted by atomic mass is 9.97. The SMILES string of the molecule is Cc1cc(Br)ccc1-c1cccc2c1NCC2. The topological polar surface area (TPSA) is 12.0 Å². The first-order chi connectivity index (χ1) is 8.25. The molecule has 0 fully saturated rings. The van der Waals surface area contributed by atoms with Crippen molar-refractivity contribution < 1.29 is 0 Å². The maximum atomic E-state index is 3.52. The molecule has 0 aromatic heterocycles. The van der Waals surface area contributed by atoms with Crippen molar-refractivity contribution in [2.75, 3.05) is 11.9 Å². The summed E-state index contributed by atoms with van der Waals surface area (Å²) in [7, 11) is 0. The fourth-order valence-corrected chi connectivity index (χ4v) is 2.97. The number of anilines is 1. The highest BCUT2D eigenvalue weighted by Crippen LogP contribution is 2.36. The molecule has 2 aromatic rings. The lowest BCUT2D eigenvalue weighted by Crippen LogP contribution is -1.94. The zero-order chi connectivity index (χ0) is 11.8. The van der Waals surface area contributed by atoms with E-state index in [2.05, 4.69) is 64.6 Å². The molecule has 0 saturated carbocycles. The first-order valence-electron chi connectivity index (χ1n) is 5.88. The van der Waals surface area contributed by atoms with Crippen molar-refractivity contribution in [2.45, 2.75) is 13.3 Å². The van der Waals surface area contributed by atoms with Crippen LogP contribution in [0.5, 0.6) is 0 Å². The maximum absolute atomic E-state index is 3.52. The molecule has 0 bridgehead atoms. The van der Waals surface area contributed by atoms with Crippen molar-refractivity contribution in [3.63, 3.8) is 0 Å². The molecule has 1 N–H and O–H groups in total. The quantitative estimate of drug-likeness (QED) is 0.820. The molecule has 17 heavy (non-hydrogen) atoms. The van der Waals surface area contributed by atoms with Gasteiger partial charge in [0.25, 0.3) is 0 Å². The standard InChI is InChI=1S/C15H14BrN/c1-10-9-12(16)5-6-13(10)14-4-2-3-11-7-8-17-15(11)14/h2-6,9,17H,7-8H2,1H3. The van der Waals surface area contributed by atoms with Crippen molar-refractivity contribution in [3.8, 4) is 11.1 Å². The van der Waals surface area contributed by atoms with Crippen LogP contribution in [0.2, 0.25) is 0 Å². The van der Waals surface area contributed by atoms with Crippen LogP contribution in [-0.2, 0) is 6.42 Å². The highest BCUT2D eigenvalue weighted by molar-refractivity contribution is 9.10. The number of hydrogen-bond donors (Lipinski definition) is 1. The normalized spacial score (nSPS) is 13.3. The van der Waals surface area contributed by atoms with Crippen molar-refractivity contribution in [1.82, 2.24) is 0 Å². The third-order valence-electron chi connectivity index (χ3n) is 3.33. The van der Waals surface area contributed by atoms with Crippen LogP contribution < -0.4 is 5.32 Å². The number of halogens is 1. The van der Waals surface area contributed by atoms with E-state index in [1.165, 1.54) is 27.9 Å². The third kappa shape index (κ3) is 1.87. The predicted octanol–water partition coefficient (Wildman–Crippen LogP) is 4.39. The van der Waals surface area contributed by atoms with Crippen LogP contribution in [0.15, 0.2) is 40.9 Å². The molecule has 0 spiro atoms. The first kappa shape index (κ1) is 10.8. The monoisotopic (exact) mass is 287 g/mol. The van der Waals surface area contributed by atoms with Gasteiger partial charge in [0.05, 0.1) is 0 Å². The average Bonchev–Trinajstić information content (AvgIpc) is 2.77. The summed E-state index contributed by atoms with van der Waals surface area (Å²) in [5.74, 6) is 0. The van der Waals surface area contributed by atoms with Gasteiger partial charge in [-0.1, -0.05) is 40.2 Å². The van der Waals surface area contributed by atoms with E-state index in [9.17, 15) is 0 Å². The molecular weight excluding hydrogens is 274 g/mol. The Bertz CT molecular complexity index is 575. The Hall–Kier alpha value is -1.28. The number of para-hydroxylation sites is 1. The molecule has 1 aliphatic heterocycles. The van der Waals surface area contributed by atoms with E-state index in [0.717, 1.165) is 17.4 Å². The summed E-state index contributed by atoms with van der Waals surface area (Å²) in [5.41, 5.74) is 6.70. The first-order valence-corrected chi connectivity index (χ1v) is 6.67. The average molecular weight is 288 g/mol. The van der Waals surface area contributed by atoms with E-state index in [0.29, 0.717) is 0 Å². The molecule has 0 atom stereocenters. The lowest BCUT2D eigenvalue weighted by molar-refractivity contribution is 1.11. The Morgan fingerprint density at radius 3 is 2.82 bits per heavy atom. The fourth-order valence-electron chi connectivity index (χ4n) is 2.49. The molecule has 0 radical (unpaired) electrons. The predicted molar refractivity (Wildman–Crippen MR) is 76.5 cm³/mol. The van der Waals surface area contributed by atoms with Crippen LogP contribution in [0.1, 0.15) is 11.1 Å². The van der Waals surface area contributed by atoms with Gasteiger partial charge in [-0.2, -0.15) is 0 Å². The van der Waals surface area contributed by atoms with E-state index in [1.807, 2.05) is 0 Å². The van der Waals surface area contributed by atoms with Crippen molar-refractivity contribution in [1.29, 1.82) is 0 Å². The van der Waals surface area contributed by atoms with Crippen molar-refractivity contribution >= 4 is 21.6 Å². The van der Waals surface area contributed by atoms with Gasteiger partial charge in [-0.25, -0.2) is 0 Å². The smallest absolute Gasteiger partial charge is 0.0453 e. The van der Waals surface area contributed by atoms with Gasteiger partial charge in [0.2, 0.25) is 0 Å². The molecule has 2 heteroatoms. The van der Waals surface area contributed by atoms with Crippen LogP contribution in [0.3, 0.4) is 0 Å². The second-order valence-corrected chi connectivity index (χ2v) is 5.39. The maximum Gasteiger partial charge on any atom is 0.0453 e. The highest BCUT2D eigenvalue weighted by Gasteiger charge is 2.15. The minimum atomic E-state index is 1.06. The zero-order valence-corrected chi connectivity index (χ0v) is 11.3. The fraction of sp³-hybridized carbons (Fsp3) is 0.200. The number of fused-ring (bicyclic) bond motifs is 1. The van der Waals surface area contributed by atoms with E-state index < -0.39 is 0 Å². The molecular formula is C15H14BrN. The molecule has 1 nitrogen and oxygen atoms in total. The van der Waals surface area contributed by atoms with E-state index >= 15 is 0 Å². The van der Waals surface area contributed by atoms with Gasteiger partial charge in [-0.3, -0.25) is 0 Å². The van der Waals surface area contributed by atoms with Gasteiger partial charge in [0.15, 0.2) is 0 Å². The number of benzene rings is 2. The van der Waals surface area contributed by atoms with Gasteiger partial charge in [0, 0.05) is 22.3 Å². The van der Waals surface area contributed by atoms with E-state index in [1.54, 1.807) is 0 Å². The van der Waals surface area contributed by atoms with Gasteiger partial charge in [-0.05, 0) is 42.2 Å². The molecule has 0 aliphatic carbocycles.